The maximum atomic E-state index is 13.0. The van der Waals surface area contributed by atoms with E-state index < -0.39 is 0 Å². The molecule has 126 valence electrons. The number of carbonyl (C=O) groups excluding carboxylic acids is 1. The van der Waals surface area contributed by atoms with Gasteiger partial charge in [0.05, 0.1) is 0 Å². The van der Waals surface area contributed by atoms with Crippen molar-refractivity contribution < 1.29 is 4.79 Å². The first kappa shape index (κ1) is 15.4. The Morgan fingerprint density at radius 3 is 2.62 bits per heavy atom. The second kappa shape index (κ2) is 6.04. The Hall–Kier alpha value is -2.17. The summed E-state index contributed by atoms with van der Waals surface area (Å²) in [5.74, 6) is 0.781. The summed E-state index contributed by atoms with van der Waals surface area (Å²) in [6.45, 7) is 4.10. The number of aromatic nitrogens is 3. The average Bonchev–Trinajstić information content (AvgIpc) is 3.22. The summed E-state index contributed by atoms with van der Waals surface area (Å²) >= 11 is 0. The lowest BCUT2D eigenvalue weighted by Crippen LogP contribution is -2.50. The molecule has 0 N–H and O–H groups in total. The maximum absolute atomic E-state index is 13.0. The Kier molecular flexibility index (Phi) is 3.87. The third-order valence-corrected chi connectivity index (χ3v) is 5.52. The van der Waals surface area contributed by atoms with Crippen LogP contribution in [0, 0.1) is 6.92 Å². The lowest BCUT2D eigenvalue weighted by atomic mass is 9.73. The van der Waals surface area contributed by atoms with Crippen LogP contribution in [0.4, 0.5) is 0 Å². The number of rotatable bonds is 5. The van der Waals surface area contributed by atoms with Gasteiger partial charge in [0, 0.05) is 12.1 Å². The summed E-state index contributed by atoms with van der Waals surface area (Å²) in [5.41, 5.74) is 2.81. The number of benzene rings is 1. The first-order valence-corrected chi connectivity index (χ1v) is 8.87. The summed E-state index contributed by atoms with van der Waals surface area (Å²) < 4.78 is 1.66. The van der Waals surface area contributed by atoms with Crippen molar-refractivity contribution in [2.24, 2.45) is 0 Å². The van der Waals surface area contributed by atoms with Crippen LogP contribution in [0.25, 0.3) is 0 Å². The molecule has 0 spiro atoms. The molecule has 4 rings (SSSR count). The predicted octanol–water partition coefficient (Wildman–Crippen LogP) is 3.08. The minimum Gasteiger partial charge on any atom is -0.335 e. The van der Waals surface area contributed by atoms with Crippen LogP contribution in [0.5, 0.6) is 0 Å². The van der Waals surface area contributed by atoms with E-state index in [2.05, 4.69) is 46.2 Å². The molecule has 5 heteroatoms. The Morgan fingerprint density at radius 1 is 1.25 bits per heavy atom. The number of hydrogen-bond acceptors (Lipinski definition) is 3. The molecule has 1 amide bonds. The molecule has 24 heavy (non-hydrogen) atoms. The quantitative estimate of drug-likeness (QED) is 0.849. The van der Waals surface area contributed by atoms with E-state index in [1.165, 1.54) is 17.5 Å². The van der Waals surface area contributed by atoms with Crippen molar-refractivity contribution in [3.8, 4) is 0 Å². The summed E-state index contributed by atoms with van der Waals surface area (Å²) in [5, 5.41) is 4.13. The zero-order valence-corrected chi connectivity index (χ0v) is 14.3. The van der Waals surface area contributed by atoms with Crippen LogP contribution in [0.3, 0.4) is 0 Å². The van der Waals surface area contributed by atoms with Gasteiger partial charge in [0.2, 0.25) is 5.91 Å². The van der Waals surface area contributed by atoms with Gasteiger partial charge in [-0.1, -0.05) is 24.3 Å². The summed E-state index contributed by atoms with van der Waals surface area (Å²) in [6.07, 6.45) is 7.56. The minimum absolute atomic E-state index is 0.191. The maximum Gasteiger partial charge on any atom is 0.247 e. The molecule has 2 fully saturated rings. The van der Waals surface area contributed by atoms with Gasteiger partial charge in [-0.2, -0.15) is 5.10 Å². The topological polar surface area (TPSA) is 51.0 Å². The molecule has 1 aromatic carbocycles. The van der Waals surface area contributed by atoms with Gasteiger partial charge in [-0.15, -0.1) is 0 Å². The smallest absolute Gasteiger partial charge is 0.247 e. The van der Waals surface area contributed by atoms with Gasteiger partial charge < -0.3 is 4.90 Å². The molecule has 0 aliphatic heterocycles. The third-order valence-electron chi connectivity index (χ3n) is 5.52. The number of nitrogens with zero attached hydrogens (tertiary/aromatic N) is 4. The lowest BCUT2D eigenvalue weighted by Gasteiger charge is -2.44. The fourth-order valence-electron chi connectivity index (χ4n) is 3.87. The van der Waals surface area contributed by atoms with Crippen LogP contribution in [0.2, 0.25) is 0 Å². The number of carbonyl (C=O) groups is 1. The third kappa shape index (κ3) is 2.72. The monoisotopic (exact) mass is 324 g/mol. The highest BCUT2D eigenvalue weighted by molar-refractivity contribution is 5.81. The first-order valence-electron chi connectivity index (χ1n) is 8.87. The Labute approximate surface area is 142 Å². The first-order chi connectivity index (χ1) is 11.6. The molecule has 2 saturated carbocycles. The van der Waals surface area contributed by atoms with E-state index >= 15 is 0 Å². The van der Waals surface area contributed by atoms with Crippen LogP contribution < -0.4 is 0 Å². The Bertz CT molecular complexity index is 717. The van der Waals surface area contributed by atoms with Crippen molar-refractivity contribution in [2.45, 2.75) is 63.6 Å². The molecular formula is C19H24N4O. The van der Waals surface area contributed by atoms with Gasteiger partial charge in [-0.3, -0.25) is 4.79 Å². The summed E-state index contributed by atoms with van der Waals surface area (Å²) in [6, 6.07) is 9.16. The van der Waals surface area contributed by atoms with Crippen molar-refractivity contribution in [1.82, 2.24) is 19.7 Å². The van der Waals surface area contributed by atoms with E-state index in [9.17, 15) is 4.79 Å². The molecule has 1 atom stereocenters. The van der Waals surface area contributed by atoms with Crippen LogP contribution in [0.15, 0.2) is 36.9 Å². The molecule has 5 nitrogen and oxygen atoms in total. The predicted molar refractivity (Wildman–Crippen MR) is 91.5 cm³/mol. The van der Waals surface area contributed by atoms with Crippen LogP contribution in [0.1, 0.15) is 55.7 Å². The van der Waals surface area contributed by atoms with Crippen LogP contribution in [-0.2, 0) is 4.79 Å². The van der Waals surface area contributed by atoms with Crippen molar-refractivity contribution in [1.29, 1.82) is 0 Å². The summed E-state index contributed by atoms with van der Waals surface area (Å²) in [4.78, 5) is 19.1. The molecule has 0 bridgehead atoms. The molecule has 1 heterocycles. The number of aryl methyl sites for hydroxylation is 1. The van der Waals surface area contributed by atoms with Crippen molar-refractivity contribution in [3.63, 3.8) is 0 Å². The van der Waals surface area contributed by atoms with E-state index in [1.807, 2.05) is 6.92 Å². The van der Waals surface area contributed by atoms with Gasteiger partial charge in [-0.05, 0) is 56.6 Å². The standard InChI is InChI=1S/C19H24N4O/c1-13-5-3-4-6-18(13)15-9-17(10-15)23(16-7-8-16)19(24)14(2)22-12-20-11-21-22/h3-6,11-12,14-17H,7-10H2,1-2H3. The van der Waals surface area contributed by atoms with Gasteiger partial charge in [0.25, 0.3) is 0 Å². The largest absolute Gasteiger partial charge is 0.335 e. The second-order valence-corrected chi connectivity index (χ2v) is 7.21. The van der Waals surface area contributed by atoms with E-state index in [0.717, 1.165) is 25.7 Å². The number of hydrogen-bond donors (Lipinski definition) is 0. The summed E-state index contributed by atoms with van der Waals surface area (Å²) in [7, 11) is 0. The van der Waals surface area contributed by atoms with Crippen LogP contribution >= 0.6 is 0 Å². The molecular weight excluding hydrogens is 300 g/mol. The minimum atomic E-state index is -0.273. The number of amides is 1. The van der Waals surface area contributed by atoms with E-state index in [4.69, 9.17) is 0 Å². The van der Waals surface area contributed by atoms with Gasteiger partial charge >= 0.3 is 0 Å². The lowest BCUT2D eigenvalue weighted by molar-refractivity contribution is -0.139. The van der Waals surface area contributed by atoms with Gasteiger partial charge in [0.15, 0.2) is 0 Å². The average molecular weight is 324 g/mol. The fraction of sp³-hybridized carbons (Fsp3) is 0.526. The molecule has 0 saturated heterocycles. The molecule has 2 aromatic rings. The van der Waals surface area contributed by atoms with E-state index in [0.29, 0.717) is 18.0 Å². The second-order valence-electron chi connectivity index (χ2n) is 7.21. The zero-order valence-electron chi connectivity index (χ0n) is 14.3. The molecule has 2 aliphatic rings. The zero-order chi connectivity index (χ0) is 16.7. The van der Waals surface area contributed by atoms with E-state index in [1.54, 1.807) is 11.0 Å². The Balaban J connectivity index is 1.46. The highest BCUT2D eigenvalue weighted by Crippen LogP contribution is 2.45. The van der Waals surface area contributed by atoms with Crippen molar-refractivity contribution >= 4 is 5.91 Å². The normalized spacial score (nSPS) is 24.2. The Morgan fingerprint density at radius 2 is 2.00 bits per heavy atom. The van der Waals surface area contributed by atoms with Crippen molar-refractivity contribution in [2.75, 3.05) is 0 Å². The van der Waals surface area contributed by atoms with Crippen molar-refractivity contribution in [3.05, 3.63) is 48.0 Å². The molecule has 2 aliphatic carbocycles. The highest BCUT2D eigenvalue weighted by atomic mass is 16.2. The molecule has 0 radical (unpaired) electrons. The molecule has 1 aromatic heterocycles. The van der Waals surface area contributed by atoms with Crippen LogP contribution in [-0.4, -0.2) is 37.7 Å². The molecule has 1 unspecified atom stereocenters. The SMILES string of the molecule is Cc1ccccc1C1CC(N(C(=O)C(C)n2cncn2)C2CC2)C1. The van der Waals surface area contributed by atoms with Gasteiger partial charge in [0.1, 0.15) is 18.7 Å². The van der Waals surface area contributed by atoms with E-state index in [-0.39, 0.29) is 11.9 Å². The van der Waals surface area contributed by atoms with Gasteiger partial charge in [-0.25, -0.2) is 9.67 Å². The fourth-order valence-corrected chi connectivity index (χ4v) is 3.87. The highest BCUT2D eigenvalue weighted by Gasteiger charge is 2.45.